The van der Waals surface area contributed by atoms with Gasteiger partial charge in [-0.3, -0.25) is 9.59 Å². The first-order valence-electron chi connectivity index (χ1n) is 8.98. The normalized spacial score (nSPS) is 11.4. The second-order valence-corrected chi connectivity index (χ2v) is 6.25. The van der Waals surface area contributed by atoms with Crippen molar-refractivity contribution < 1.29 is 23.8 Å². The average Bonchev–Trinajstić information content (AvgIpc) is 2.71. The lowest BCUT2D eigenvalue weighted by molar-refractivity contribution is -0.118. The molecule has 2 amide bonds. The molecular weight excluding hydrogens is 360 g/mol. The molecule has 150 valence electrons. The van der Waals surface area contributed by atoms with Crippen LogP contribution in [0, 0.1) is 0 Å². The smallest absolute Gasteiger partial charge is 0.262 e. The van der Waals surface area contributed by atoms with Crippen molar-refractivity contribution in [3.63, 3.8) is 0 Å². The second kappa shape index (κ2) is 10.9. The van der Waals surface area contributed by atoms with Gasteiger partial charge in [-0.2, -0.15) is 0 Å². The summed E-state index contributed by atoms with van der Waals surface area (Å²) in [6, 6.07) is 13.7. The number of methoxy groups -OCH3 is 2. The van der Waals surface area contributed by atoms with Gasteiger partial charge in [-0.1, -0.05) is 6.07 Å². The predicted molar refractivity (Wildman–Crippen MR) is 107 cm³/mol. The van der Waals surface area contributed by atoms with Gasteiger partial charge >= 0.3 is 0 Å². The maximum absolute atomic E-state index is 12.2. The molecule has 28 heavy (non-hydrogen) atoms. The van der Waals surface area contributed by atoms with Crippen molar-refractivity contribution in [1.82, 2.24) is 5.32 Å². The Kier molecular flexibility index (Phi) is 8.30. The molecule has 0 saturated carbocycles. The lowest BCUT2D eigenvalue weighted by Gasteiger charge is -2.13. The Labute approximate surface area is 165 Å². The molecule has 0 bridgehead atoms. The SMILES string of the molecule is COCCC(C)NC(=O)c1ccc(OCC(=O)Nc2cccc(OC)c2)cc1. The van der Waals surface area contributed by atoms with Gasteiger partial charge in [0.25, 0.3) is 11.8 Å². The van der Waals surface area contributed by atoms with Gasteiger partial charge in [-0.15, -0.1) is 0 Å². The van der Waals surface area contributed by atoms with E-state index >= 15 is 0 Å². The zero-order chi connectivity index (χ0) is 20.4. The highest BCUT2D eigenvalue weighted by Gasteiger charge is 2.10. The minimum Gasteiger partial charge on any atom is -0.497 e. The average molecular weight is 386 g/mol. The van der Waals surface area contributed by atoms with Crippen LogP contribution in [0.4, 0.5) is 5.69 Å². The Morgan fingerprint density at radius 3 is 2.46 bits per heavy atom. The Bertz CT molecular complexity index is 777. The van der Waals surface area contributed by atoms with E-state index in [1.54, 1.807) is 62.8 Å². The molecule has 2 aromatic rings. The molecule has 0 aromatic heterocycles. The number of hydrogen-bond donors (Lipinski definition) is 2. The molecule has 0 spiro atoms. The number of benzene rings is 2. The first-order chi connectivity index (χ1) is 13.5. The molecule has 1 unspecified atom stereocenters. The standard InChI is InChI=1S/C21H26N2O5/c1-15(11-12-26-2)22-21(25)16-7-9-18(10-8-16)28-14-20(24)23-17-5-4-6-19(13-17)27-3/h4-10,13,15H,11-12,14H2,1-3H3,(H,22,25)(H,23,24). The minimum atomic E-state index is -0.290. The fourth-order valence-corrected chi connectivity index (χ4v) is 2.42. The summed E-state index contributed by atoms with van der Waals surface area (Å²) < 4.78 is 15.6. The van der Waals surface area contributed by atoms with Crippen molar-refractivity contribution in [2.45, 2.75) is 19.4 Å². The fraction of sp³-hybridized carbons (Fsp3) is 0.333. The number of carbonyl (C=O) groups is 2. The summed E-state index contributed by atoms with van der Waals surface area (Å²) in [5.74, 6) is 0.710. The number of hydrogen-bond acceptors (Lipinski definition) is 5. The molecular formula is C21H26N2O5. The van der Waals surface area contributed by atoms with Gasteiger partial charge in [-0.25, -0.2) is 0 Å². The largest absolute Gasteiger partial charge is 0.497 e. The number of ether oxygens (including phenoxy) is 3. The lowest BCUT2D eigenvalue weighted by atomic mass is 10.1. The molecule has 0 aliphatic rings. The fourth-order valence-electron chi connectivity index (χ4n) is 2.42. The number of rotatable bonds is 10. The Hall–Kier alpha value is -3.06. The van der Waals surface area contributed by atoms with E-state index in [4.69, 9.17) is 14.2 Å². The molecule has 2 rings (SSSR count). The molecule has 2 N–H and O–H groups in total. The van der Waals surface area contributed by atoms with Crippen LogP contribution in [-0.2, 0) is 9.53 Å². The highest BCUT2D eigenvalue weighted by Crippen LogP contribution is 2.17. The van der Waals surface area contributed by atoms with Crippen molar-refractivity contribution in [3.05, 3.63) is 54.1 Å². The molecule has 0 radical (unpaired) electrons. The summed E-state index contributed by atoms with van der Waals surface area (Å²) >= 11 is 0. The third-order valence-corrected chi connectivity index (χ3v) is 3.97. The highest BCUT2D eigenvalue weighted by atomic mass is 16.5. The zero-order valence-electron chi connectivity index (χ0n) is 16.4. The lowest BCUT2D eigenvalue weighted by Crippen LogP contribution is -2.33. The molecule has 1 atom stereocenters. The summed E-state index contributed by atoms with van der Waals surface area (Å²) in [7, 11) is 3.19. The summed E-state index contributed by atoms with van der Waals surface area (Å²) in [6.07, 6.45) is 0.742. The van der Waals surface area contributed by atoms with Crippen LogP contribution >= 0.6 is 0 Å². The maximum Gasteiger partial charge on any atom is 0.262 e. The van der Waals surface area contributed by atoms with Gasteiger partial charge in [0, 0.05) is 37.1 Å². The van der Waals surface area contributed by atoms with E-state index in [2.05, 4.69) is 10.6 Å². The van der Waals surface area contributed by atoms with Crippen LogP contribution in [-0.4, -0.2) is 45.3 Å². The van der Waals surface area contributed by atoms with Gasteiger partial charge in [0.15, 0.2) is 6.61 Å². The molecule has 7 nitrogen and oxygen atoms in total. The number of carbonyl (C=O) groups excluding carboxylic acids is 2. The minimum absolute atomic E-state index is 0.0173. The Morgan fingerprint density at radius 2 is 1.79 bits per heavy atom. The van der Waals surface area contributed by atoms with Crippen LogP contribution in [0.2, 0.25) is 0 Å². The van der Waals surface area contributed by atoms with Crippen molar-refractivity contribution in [1.29, 1.82) is 0 Å². The third-order valence-electron chi connectivity index (χ3n) is 3.97. The van der Waals surface area contributed by atoms with Crippen molar-refractivity contribution in [2.24, 2.45) is 0 Å². The molecule has 0 aliphatic carbocycles. The first kappa shape index (κ1) is 21.2. The second-order valence-electron chi connectivity index (χ2n) is 6.25. The Balaban J connectivity index is 1.81. The number of anilines is 1. The zero-order valence-corrected chi connectivity index (χ0v) is 16.4. The van der Waals surface area contributed by atoms with E-state index in [0.717, 1.165) is 6.42 Å². The van der Waals surface area contributed by atoms with Gasteiger partial charge in [0.05, 0.1) is 7.11 Å². The van der Waals surface area contributed by atoms with E-state index in [0.29, 0.717) is 29.4 Å². The van der Waals surface area contributed by atoms with Crippen LogP contribution in [0.25, 0.3) is 0 Å². The van der Waals surface area contributed by atoms with Gasteiger partial charge in [0.1, 0.15) is 11.5 Å². The predicted octanol–water partition coefficient (Wildman–Crippen LogP) is 2.87. The van der Waals surface area contributed by atoms with E-state index in [1.165, 1.54) is 0 Å². The van der Waals surface area contributed by atoms with Gasteiger partial charge < -0.3 is 24.8 Å². The summed E-state index contributed by atoms with van der Waals surface area (Å²) in [5.41, 5.74) is 1.15. The molecule has 7 heteroatoms. The highest BCUT2D eigenvalue weighted by molar-refractivity contribution is 5.94. The van der Waals surface area contributed by atoms with Crippen LogP contribution in [0.1, 0.15) is 23.7 Å². The molecule has 0 saturated heterocycles. The van der Waals surface area contributed by atoms with Crippen molar-refractivity contribution in [3.8, 4) is 11.5 Å². The summed E-state index contributed by atoms with van der Waals surface area (Å²) in [5, 5.41) is 5.64. The number of amides is 2. The van der Waals surface area contributed by atoms with E-state index < -0.39 is 0 Å². The van der Waals surface area contributed by atoms with Gasteiger partial charge in [0.2, 0.25) is 0 Å². The van der Waals surface area contributed by atoms with E-state index in [-0.39, 0.29) is 24.5 Å². The van der Waals surface area contributed by atoms with Crippen LogP contribution in [0.15, 0.2) is 48.5 Å². The van der Waals surface area contributed by atoms with Crippen molar-refractivity contribution in [2.75, 3.05) is 32.8 Å². The quantitative estimate of drug-likeness (QED) is 0.656. The van der Waals surface area contributed by atoms with Crippen molar-refractivity contribution >= 4 is 17.5 Å². The molecule has 0 fully saturated rings. The third kappa shape index (κ3) is 6.92. The van der Waals surface area contributed by atoms with Crippen LogP contribution < -0.4 is 20.1 Å². The topological polar surface area (TPSA) is 85.9 Å². The summed E-state index contributed by atoms with van der Waals surface area (Å²) in [6.45, 7) is 2.37. The maximum atomic E-state index is 12.2. The molecule has 0 aliphatic heterocycles. The monoisotopic (exact) mass is 386 g/mol. The number of nitrogens with one attached hydrogen (secondary N) is 2. The van der Waals surface area contributed by atoms with Crippen LogP contribution in [0.5, 0.6) is 11.5 Å². The molecule has 2 aromatic carbocycles. The Morgan fingerprint density at radius 1 is 1.04 bits per heavy atom. The first-order valence-corrected chi connectivity index (χ1v) is 8.98. The van der Waals surface area contributed by atoms with Gasteiger partial charge in [-0.05, 0) is 49.7 Å². The van der Waals surface area contributed by atoms with Crippen LogP contribution in [0.3, 0.4) is 0 Å². The summed E-state index contributed by atoms with van der Waals surface area (Å²) in [4.78, 5) is 24.2. The van der Waals surface area contributed by atoms with E-state index in [9.17, 15) is 9.59 Å². The van der Waals surface area contributed by atoms with E-state index in [1.807, 2.05) is 6.92 Å². The molecule has 0 heterocycles.